The zero-order valence-electron chi connectivity index (χ0n) is 48.8. The number of nitrogens with one attached hydrogen (secondary N) is 7. The van der Waals surface area contributed by atoms with Gasteiger partial charge in [0.2, 0.25) is 11.1 Å². The van der Waals surface area contributed by atoms with Gasteiger partial charge in [0.05, 0.1) is 35.3 Å². The number of anilines is 7. The maximum absolute atomic E-state index is 15.0. The molecular weight excluding hydrogens is 1140 g/mol. The Kier molecular flexibility index (Phi) is 21.0. The van der Waals surface area contributed by atoms with Crippen LogP contribution in [0.5, 0.6) is 0 Å². The summed E-state index contributed by atoms with van der Waals surface area (Å²) in [5, 5.41) is 20.5. The smallest absolute Gasteiger partial charge is 0.328 e. The number of nitrogens with zero attached hydrogens (tertiary/aromatic N) is 6. The van der Waals surface area contributed by atoms with Gasteiger partial charge in [0.25, 0.3) is 11.8 Å². The maximum Gasteiger partial charge on any atom is 0.328 e. The monoisotopic (exact) mass is 1210 g/mol. The number of urea groups is 2. The van der Waals surface area contributed by atoms with Gasteiger partial charge >= 0.3 is 12.1 Å². The Morgan fingerprint density at radius 3 is 1.40 bits per heavy atom. The van der Waals surface area contributed by atoms with Gasteiger partial charge in [-0.2, -0.15) is 4.98 Å². The predicted octanol–water partition coefficient (Wildman–Crippen LogP) is 10.8. The summed E-state index contributed by atoms with van der Waals surface area (Å²) in [7, 11) is -1.68. The molecule has 0 saturated carbocycles. The molecule has 9 N–H and O–H groups in total. The number of rotatable bonds is 17. The molecule has 6 amide bonds. The first-order valence-corrected chi connectivity index (χ1v) is 29.3. The van der Waals surface area contributed by atoms with E-state index in [-0.39, 0.29) is 59.7 Å². The van der Waals surface area contributed by atoms with Crippen LogP contribution in [0.2, 0.25) is 0 Å². The van der Waals surface area contributed by atoms with Gasteiger partial charge in [0.1, 0.15) is 34.6 Å². The van der Waals surface area contributed by atoms with E-state index in [0.29, 0.717) is 64.4 Å². The second-order valence-electron chi connectivity index (χ2n) is 20.6. The standard InChI is InChI=1S/C31H31F2N7O2.C24H23F2N5O3S.C8H12N2/c1-18(2)37-29(41)20-13-12-19(3)22(16-20)26-23-17-36-31(42)40(27-24(32)10-7-11-25(27)33)28(23)39-30(38-26)35-15-14-34-21-8-5-4-6-9-21;1-12(2)28-22(32)14-9-8-13(3)15(10-14)19-16-11-27-24(33)31(20-17(25)6-5-7-18(20)26)21(16)30-23(29-19)35(4)34;9-6-7-10-8-4-2-1-3-5-8/h4-13,16,18,34H,14-15,17H2,1-3H3,(H,36,42)(H,37,41)(H,35,38,39);5-10,12H,11H2,1-4H3,(H,27,33)(H,28,32);1-5,10H,6-7,9H2. The van der Waals surface area contributed by atoms with Gasteiger partial charge in [-0.3, -0.25) is 13.8 Å². The zero-order valence-corrected chi connectivity index (χ0v) is 49.6. The number of carbonyl (C=O) groups is 4. The van der Waals surface area contributed by atoms with Crippen molar-refractivity contribution in [3.8, 4) is 22.5 Å². The molecule has 1 atom stereocenters. The van der Waals surface area contributed by atoms with Gasteiger partial charge < -0.3 is 43.0 Å². The minimum Gasteiger partial charge on any atom is -0.384 e. The van der Waals surface area contributed by atoms with Crippen molar-refractivity contribution in [2.75, 3.05) is 58.2 Å². The first-order chi connectivity index (χ1) is 41.7. The highest BCUT2D eigenvalue weighted by Crippen LogP contribution is 2.41. The third kappa shape index (κ3) is 15.4. The van der Waals surface area contributed by atoms with Crippen LogP contribution < -0.4 is 52.8 Å². The van der Waals surface area contributed by atoms with Crippen LogP contribution in [0.25, 0.3) is 22.5 Å². The van der Waals surface area contributed by atoms with Crippen molar-refractivity contribution in [1.29, 1.82) is 0 Å². The maximum atomic E-state index is 15.0. The number of aryl methyl sites for hydroxylation is 2. The summed E-state index contributed by atoms with van der Waals surface area (Å²) in [6.45, 7) is 13.5. The average Bonchev–Trinajstić information content (AvgIpc) is 1.29. The number of nitrogens with two attached hydrogens (primary N) is 1. The molecular formula is C63H66F4N14O5S. The molecule has 2 aliphatic heterocycles. The molecule has 10 rings (SSSR count). The normalized spacial score (nSPS) is 12.7. The van der Waals surface area contributed by atoms with Gasteiger partial charge in [-0.25, -0.2) is 51.9 Å². The van der Waals surface area contributed by atoms with E-state index in [0.717, 1.165) is 63.1 Å². The molecule has 0 fully saturated rings. The SMILES string of the molecule is Cc1ccc(C(=O)NC(C)C)cc1-c1nc(NCCNc2ccccc2)nc2c1CNC(=O)N2c1c(F)cccc1F.Cc1ccc(C(=O)NC(C)C)cc1-c1nc(S(C)=O)nc2c1CNC(=O)N2c1c(F)cccc1F.NCCNc1ccccc1. The molecule has 2 aliphatic rings. The van der Waals surface area contributed by atoms with Gasteiger partial charge in [0.15, 0.2) is 11.6 Å². The van der Waals surface area contributed by atoms with E-state index in [9.17, 15) is 40.9 Å². The van der Waals surface area contributed by atoms with E-state index in [1.165, 1.54) is 18.4 Å². The van der Waals surface area contributed by atoms with Crippen molar-refractivity contribution in [1.82, 2.24) is 41.2 Å². The van der Waals surface area contributed by atoms with Crippen LogP contribution in [0, 0.1) is 37.1 Å². The Morgan fingerprint density at radius 1 is 0.563 bits per heavy atom. The summed E-state index contributed by atoms with van der Waals surface area (Å²) in [5.41, 5.74) is 11.3. The molecule has 0 spiro atoms. The van der Waals surface area contributed by atoms with Crippen molar-refractivity contribution < 1.29 is 40.9 Å². The fraction of sp³-hybridized carbons (Fsp3) is 0.238. The minimum absolute atomic E-state index is 0.0216. The van der Waals surface area contributed by atoms with E-state index in [1.54, 1.807) is 30.3 Å². The zero-order chi connectivity index (χ0) is 62.5. The Bertz CT molecular complexity index is 3810. The van der Waals surface area contributed by atoms with E-state index in [4.69, 9.17) is 10.7 Å². The Morgan fingerprint density at radius 2 is 0.977 bits per heavy atom. The summed E-state index contributed by atoms with van der Waals surface area (Å²) < 4.78 is 71.7. The van der Waals surface area contributed by atoms with Crippen molar-refractivity contribution >= 4 is 75.0 Å². The van der Waals surface area contributed by atoms with Crippen LogP contribution >= 0.6 is 0 Å². The highest BCUT2D eigenvalue weighted by atomic mass is 32.2. The van der Waals surface area contributed by atoms with Crippen molar-refractivity contribution in [2.24, 2.45) is 5.73 Å². The van der Waals surface area contributed by atoms with Crippen molar-refractivity contribution in [3.63, 3.8) is 0 Å². The molecule has 2 aromatic heterocycles. The number of hydrogen-bond donors (Lipinski definition) is 8. The summed E-state index contributed by atoms with van der Waals surface area (Å²) >= 11 is 0. The lowest BCUT2D eigenvalue weighted by Gasteiger charge is -2.31. The Labute approximate surface area is 503 Å². The quantitative estimate of drug-likeness (QED) is 0.0240. The first-order valence-electron chi connectivity index (χ1n) is 27.8. The van der Waals surface area contributed by atoms with Crippen molar-refractivity contribution in [3.05, 3.63) is 190 Å². The molecule has 1 unspecified atom stereocenters. The van der Waals surface area contributed by atoms with Crippen LogP contribution in [-0.4, -0.2) is 92.5 Å². The molecule has 0 aliphatic carbocycles. The van der Waals surface area contributed by atoms with Crippen molar-refractivity contribution in [2.45, 2.75) is 71.9 Å². The lowest BCUT2D eigenvalue weighted by atomic mass is 9.97. The van der Waals surface area contributed by atoms with E-state index in [1.807, 2.05) is 108 Å². The number of halogens is 4. The summed E-state index contributed by atoms with van der Waals surface area (Å²) in [6.07, 6.45) is 1.36. The van der Waals surface area contributed by atoms with E-state index in [2.05, 4.69) is 52.2 Å². The number of hydrogen-bond acceptors (Lipinski definition) is 13. The summed E-state index contributed by atoms with van der Waals surface area (Å²) in [4.78, 5) is 71.1. The minimum atomic E-state index is -1.68. The topological polar surface area (TPSA) is 254 Å². The number of aromatic nitrogens is 4. The molecule has 87 heavy (non-hydrogen) atoms. The van der Waals surface area contributed by atoms with Crippen LogP contribution in [0.15, 0.2) is 139 Å². The summed E-state index contributed by atoms with van der Waals surface area (Å²) in [5.74, 6) is -4.16. The molecule has 0 radical (unpaired) electrons. The van der Waals surface area contributed by atoms with Crippen LogP contribution in [-0.2, 0) is 23.9 Å². The number of amides is 6. The first kappa shape index (κ1) is 63.2. The molecule has 0 saturated heterocycles. The number of para-hydroxylation sites is 4. The van der Waals surface area contributed by atoms with Gasteiger partial charge in [-0.1, -0.05) is 60.7 Å². The lowest BCUT2D eigenvalue weighted by molar-refractivity contribution is 0.0934. The molecule has 4 heterocycles. The number of fused-ring (bicyclic) bond motifs is 2. The third-order valence-electron chi connectivity index (χ3n) is 13.3. The fourth-order valence-corrected chi connectivity index (χ4v) is 9.64. The van der Waals surface area contributed by atoms with Crippen LogP contribution in [0.3, 0.4) is 0 Å². The highest BCUT2D eigenvalue weighted by molar-refractivity contribution is 7.84. The fourth-order valence-electron chi connectivity index (χ4n) is 9.21. The number of carbonyl (C=O) groups excluding carboxylic acids is 4. The molecule has 19 nitrogen and oxygen atoms in total. The van der Waals surface area contributed by atoms with Crippen LogP contribution in [0.1, 0.15) is 70.7 Å². The third-order valence-corrected chi connectivity index (χ3v) is 14.0. The molecule has 8 aromatic rings. The molecule has 452 valence electrons. The van der Waals surface area contributed by atoms with Gasteiger partial charge in [-0.05, 0) is 125 Å². The molecule has 24 heteroatoms. The second kappa shape index (κ2) is 28.9. The Balaban J connectivity index is 0.000000197. The molecule has 0 bridgehead atoms. The lowest BCUT2D eigenvalue weighted by Crippen LogP contribution is -2.43. The van der Waals surface area contributed by atoms with Gasteiger partial charge in [0, 0.05) is 89.3 Å². The predicted molar refractivity (Wildman–Crippen MR) is 331 cm³/mol. The van der Waals surface area contributed by atoms with E-state index < -0.39 is 57.5 Å². The highest BCUT2D eigenvalue weighted by Gasteiger charge is 2.36. The Hall–Kier alpha value is -9.81. The van der Waals surface area contributed by atoms with E-state index >= 15 is 0 Å². The summed E-state index contributed by atoms with van der Waals surface area (Å²) in [6, 6.07) is 35.0. The van der Waals surface area contributed by atoms with Gasteiger partial charge in [-0.15, -0.1) is 0 Å². The number of benzene rings is 6. The van der Waals surface area contributed by atoms with Crippen LogP contribution in [0.4, 0.5) is 67.5 Å². The average molecular weight is 1210 g/mol. The molecule has 6 aromatic carbocycles. The largest absolute Gasteiger partial charge is 0.384 e. The second-order valence-corrected chi connectivity index (χ2v) is 21.8.